The Bertz CT molecular complexity index is 239. The molecule has 12 heavy (non-hydrogen) atoms. The average molecular weight is 167 g/mol. The molecule has 1 N–H and O–H groups in total. The summed E-state index contributed by atoms with van der Waals surface area (Å²) in [5.74, 6) is 0. The molecule has 0 saturated carbocycles. The zero-order chi connectivity index (χ0) is 8.44. The van der Waals surface area contributed by atoms with Crippen LogP contribution >= 0.6 is 0 Å². The van der Waals surface area contributed by atoms with Crippen LogP contribution in [0.2, 0.25) is 0 Å². The van der Waals surface area contributed by atoms with Crippen molar-refractivity contribution in [2.45, 2.75) is 19.1 Å². The third kappa shape index (κ3) is 1.52. The van der Waals surface area contributed by atoms with E-state index in [9.17, 15) is 0 Å². The molecule has 0 aromatic carbocycles. The van der Waals surface area contributed by atoms with Crippen molar-refractivity contribution in [3.05, 3.63) is 24.2 Å². The van der Waals surface area contributed by atoms with Crippen LogP contribution in [0.1, 0.15) is 12.5 Å². The highest BCUT2D eigenvalue weighted by atomic mass is 16.5. The van der Waals surface area contributed by atoms with Crippen molar-refractivity contribution in [2.75, 3.05) is 13.1 Å². The molecule has 2 heterocycles. The number of nitrogens with one attached hydrogen (secondary N) is 1. The minimum Gasteiger partial charge on any atom is -0.472 e. The van der Waals surface area contributed by atoms with Gasteiger partial charge < -0.3 is 14.5 Å². The second kappa shape index (κ2) is 2.92. The van der Waals surface area contributed by atoms with Gasteiger partial charge in [0.2, 0.25) is 0 Å². The Kier molecular flexibility index (Phi) is 1.90. The lowest BCUT2D eigenvalue weighted by Crippen LogP contribution is -2.58. The minimum atomic E-state index is 0.0390. The molecule has 0 bridgehead atoms. The van der Waals surface area contributed by atoms with Crippen molar-refractivity contribution in [2.24, 2.45) is 0 Å². The smallest absolute Gasteiger partial charge is 0.0957 e. The molecule has 0 atom stereocenters. The van der Waals surface area contributed by atoms with Gasteiger partial charge in [-0.2, -0.15) is 0 Å². The Labute approximate surface area is 71.7 Å². The number of furan rings is 1. The molecular formula is C9H13NO2. The second-order valence-corrected chi connectivity index (χ2v) is 3.47. The van der Waals surface area contributed by atoms with Crippen LogP contribution in [0, 0.1) is 0 Å². The van der Waals surface area contributed by atoms with Crippen molar-refractivity contribution in [1.29, 1.82) is 0 Å². The van der Waals surface area contributed by atoms with E-state index in [2.05, 4.69) is 12.2 Å². The number of rotatable bonds is 3. The van der Waals surface area contributed by atoms with Crippen LogP contribution in [0.4, 0.5) is 0 Å². The number of ether oxygens (including phenoxy) is 1. The van der Waals surface area contributed by atoms with E-state index in [1.54, 1.807) is 12.5 Å². The second-order valence-electron chi connectivity index (χ2n) is 3.47. The Morgan fingerprint density at radius 1 is 1.67 bits per heavy atom. The van der Waals surface area contributed by atoms with Gasteiger partial charge in [0.15, 0.2) is 0 Å². The SMILES string of the molecule is CC1(OCc2ccoc2)CNC1. The van der Waals surface area contributed by atoms with Gasteiger partial charge in [-0.1, -0.05) is 0 Å². The lowest BCUT2D eigenvalue weighted by Gasteiger charge is -2.38. The number of hydrogen-bond acceptors (Lipinski definition) is 3. The van der Waals surface area contributed by atoms with Crippen molar-refractivity contribution in [3.8, 4) is 0 Å². The Hall–Kier alpha value is -0.800. The van der Waals surface area contributed by atoms with Crippen molar-refractivity contribution >= 4 is 0 Å². The highest BCUT2D eigenvalue weighted by molar-refractivity contribution is 5.04. The molecule has 2 rings (SSSR count). The molecule has 0 aliphatic carbocycles. The molecule has 3 nitrogen and oxygen atoms in total. The molecule has 0 spiro atoms. The number of hydrogen-bond donors (Lipinski definition) is 1. The highest BCUT2D eigenvalue weighted by Crippen LogP contribution is 2.17. The van der Waals surface area contributed by atoms with E-state index >= 15 is 0 Å². The first-order valence-electron chi connectivity index (χ1n) is 4.14. The summed E-state index contributed by atoms with van der Waals surface area (Å²) in [5, 5.41) is 3.18. The predicted octanol–water partition coefficient (Wildman–Crippen LogP) is 1.16. The van der Waals surface area contributed by atoms with Gasteiger partial charge in [-0.3, -0.25) is 0 Å². The van der Waals surface area contributed by atoms with Crippen LogP contribution < -0.4 is 5.32 Å². The lowest BCUT2D eigenvalue weighted by atomic mass is 10.0. The van der Waals surface area contributed by atoms with E-state index in [4.69, 9.17) is 9.15 Å². The van der Waals surface area contributed by atoms with E-state index in [0.717, 1.165) is 18.7 Å². The largest absolute Gasteiger partial charge is 0.472 e. The fourth-order valence-electron chi connectivity index (χ4n) is 1.21. The molecular weight excluding hydrogens is 154 g/mol. The van der Waals surface area contributed by atoms with Crippen molar-refractivity contribution < 1.29 is 9.15 Å². The molecule has 1 aromatic heterocycles. The van der Waals surface area contributed by atoms with Crippen LogP contribution in [0.3, 0.4) is 0 Å². The maximum Gasteiger partial charge on any atom is 0.0957 e. The average Bonchev–Trinajstić information content (AvgIpc) is 2.49. The summed E-state index contributed by atoms with van der Waals surface area (Å²) in [4.78, 5) is 0. The summed E-state index contributed by atoms with van der Waals surface area (Å²) in [5.41, 5.74) is 1.14. The van der Waals surface area contributed by atoms with Gasteiger partial charge in [-0.15, -0.1) is 0 Å². The molecule has 0 amide bonds. The van der Waals surface area contributed by atoms with E-state index in [-0.39, 0.29) is 5.60 Å². The molecule has 1 aliphatic rings. The van der Waals surface area contributed by atoms with Gasteiger partial charge in [0, 0.05) is 18.7 Å². The standard InChI is InChI=1S/C9H13NO2/c1-9(6-10-7-9)12-5-8-2-3-11-4-8/h2-4,10H,5-7H2,1H3. The summed E-state index contributed by atoms with van der Waals surface area (Å²) in [6.07, 6.45) is 3.38. The summed E-state index contributed by atoms with van der Waals surface area (Å²) in [6, 6.07) is 1.93. The van der Waals surface area contributed by atoms with E-state index < -0.39 is 0 Å². The van der Waals surface area contributed by atoms with Crippen molar-refractivity contribution in [1.82, 2.24) is 5.32 Å². The van der Waals surface area contributed by atoms with Crippen molar-refractivity contribution in [3.63, 3.8) is 0 Å². The summed E-state index contributed by atoms with van der Waals surface area (Å²) >= 11 is 0. The normalized spacial score (nSPS) is 20.4. The zero-order valence-corrected chi connectivity index (χ0v) is 7.17. The van der Waals surface area contributed by atoms with E-state index in [1.807, 2.05) is 6.07 Å². The quantitative estimate of drug-likeness (QED) is 0.733. The Morgan fingerprint density at radius 3 is 3.00 bits per heavy atom. The summed E-state index contributed by atoms with van der Waals surface area (Å²) < 4.78 is 10.6. The van der Waals surface area contributed by atoms with Gasteiger partial charge in [-0.25, -0.2) is 0 Å². The maximum absolute atomic E-state index is 5.69. The summed E-state index contributed by atoms with van der Waals surface area (Å²) in [7, 11) is 0. The first-order valence-corrected chi connectivity index (χ1v) is 4.14. The molecule has 1 fully saturated rings. The summed E-state index contributed by atoms with van der Waals surface area (Å²) in [6.45, 7) is 4.66. The molecule has 0 radical (unpaired) electrons. The fraction of sp³-hybridized carbons (Fsp3) is 0.556. The maximum atomic E-state index is 5.69. The van der Waals surface area contributed by atoms with Gasteiger partial charge in [0.05, 0.1) is 24.7 Å². The fourth-order valence-corrected chi connectivity index (χ4v) is 1.21. The first-order chi connectivity index (χ1) is 5.79. The third-order valence-corrected chi connectivity index (χ3v) is 2.17. The Morgan fingerprint density at radius 2 is 2.50 bits per heavy atom. The van der Waals surface area contributed by atoms with Gasteiger partial charge in [-0.05, 0) is 13.0 Å². The monoisotopic (exact) mass is 167 g/mol. The molecule has 3 heteroatoms. The molecule has 1 aromatic rings. The molecule has 1 aliphatic heterocycles. The predicted molar refractivity (Wildman–Crippen MR) is 44.8 cm³/mol. The van der Waals surface area contributed by atoms with Crippen LogP contribution in [-0.4, -0.2) is 18.7 Å². The lowest BCUT2D eigenvalue weighted by molar-refractivity contribution is -0.0768. The molecule has 1 saturated heterocycles. The van der Waals surface area contributed by atoms with Gasteiger partial charge in [0.1, 0.15) is 0 Å². The first kappa shape index (κ1) is 7.83. The third-order valence-electron chi connectivity index (χ3n) is 2.17. The van der Waals surface area contributed by atoms with Crippen LogP contribution in [0.25, 0.3) is 0 Å². The van der Waals surface area contributed by atoms with Crippen LogP contribution in [0.5, 0.6) is 0 Å². The van der Waals surface area contributed by atoms with Crippen LogP contribution in [0.15, 0.2) is 23.0 Å². The topological polar surface area (TPSA) is 34.4 Å². The van der Waals surface area contributed by atoms with E-state index in [0.29, 0.717) is 6.61 Å². The van der Waals surface area contributed by atoms with Crippen LogP contribution in [-0.2, 0) is 11.3 Å². The minimum absolute atomic E-state index is 0.0390. The van der Waals surface area contributed by atoms with E-state index in [1.165, 1.54) is 0 Å². The highest BCUT2D eigenvalue weighted by Gasteiger charge is 2.32. The van der Waals surface area contributed by atoms with Gasteiger partial charge in [0.25, 0.3) is 0 Å². The Balaban J connectivity index is 1.82. The molecule has 0 unspecified atom stereocenters. The van der Waals surface area contributed by atoms with Gasteiger partial charge >= 0.3 is 0 Å². The molecule has 66 valence electrons. The zero-order valence-electron chi connectivity index (χ0n) is 7.17.